The van der Waals surface area contributed by atoms with Gasteiger partial charge < -0.3 is 10.4 Å². The molecule has 17 heavy (non-hydrogen) atoms. The van der Waals surface area contributed by atoms with Gasteiger partial charge in [0.15, 0.2) is 0 Å². The minimum atomic E-state index is -0.441. The van der Waals surface area contributed by atoms with Crippen LogP contribution in [0, 0.1) is 0 Å². The van der Waals surface area contributed by atoms with Gasteiger partial charge in [-0.2, -0.15) is 0 Å². The van der Waals surface area contributed by atoms with Crippen LogP contribution in [0.2, 0.25) is 0 Å². The van der Waals surface area contributed by atoms with Gasteiger partial charge in [0.05, 0.1) is 6.10 Å². The molecule has 1 rings (SSSR count). The smallest absolute Gasteiger partial charge is 0.291 e. The van der Waals surface area contributed by atoms with Crippen molar-refractivity contribution in [3.63, 3.8) is 0 Å². The van der Waals surface area contributed by atoms with Crippen molar-refractivity contribution in [2.75, 3.05) is 0 Å². The Morgan fingerprint density at radius 1 is 1.41 bits per heavy atom. The van der Waals surface area contributed by atoms with E-state index in [2.05, 4.69) is 20.5 Å². The summed E-state index contributed by atoms with van der Waals surface area (Å²) in [5, 5.41) is 18.5. The summed E-state index contributed by atoms with van der Waals surface area (Å²) in [5.74, 6) is 0.727. The molecule has 1 aromatic heterocycles. The Bertz CT molecular complexity index is 373. The second-order valence-corrected chi connectivity index (χ2v) is 4.66. The first kappa shape index (κ1) is 13.6. The van der Waals surface area contributed by atoms with Crippen LogP contribution in [0.25, 0.3) is 0 Å². The SMILES string of the molecule is CC(O)CC(C)NC(=O)c1n[nH]c(C(C)C)n1. The summed E-state index contributed by atoms with van der Waals surface area (Å²) in [6, 6.07) is -0.108. The van der Waals surface area contributed by atoms with E-state index in [0.29, 0.717) is 12.2 Å². The lowest BCUT2D eigenvalue weighted by atomic mass is 10.1. The van der Waals surface area contributed by atoms with Crippen molar-refractivity contribution in [3.05, 3.63) is 11.6 Å². The molecule has 0 saturated carbocycles. The van der Waals surface area contributed by atoms with Crippen molar-refractivity contribution >= 4 is 5.91 Å². The van der Waals surface area contributed by atoms with E-state index in [1.165, 1.54) is 0 Å². The maximum absolute atomic E-state index is 11.7. The Morgan fingerprint density at radius 3 is 2.53 bits per heavy atom. The lowest BCUT2D eigenvalue weighted by molar-refractivity contribution is 0.0913. The molecule has 96 valence electrons. The Kier molecular flexibility index (Phi) is 4.62. The molecule has 0 saturated heterocycles. The molecule has 3 N–H and O–H groups in total. The Balaban J connectivity index is 2.57. The average Bonchev–Trinajstić information content (AvgIpc) is 2.64. The Hall–Kier alpha value is -1.43. The predicted octanol–water partition coefficient (Wildman–Crippen LogP) is 0.817. The van der Waals surface area contributed by atoms with Crippen LogP contribution in [0.15, 0.2) is 0 Å². The summed E-state index contributed by atoms with van der Waals surface area (Å²) in [6.45, 7) is 7.46. The number of hydrogen-bond donors (Lipinski definition) is 3. The van der Waals surface area contributed by atoms with Crippen molar-refractivity contribution in [1.82, 2.24) is 20.5 Å². The Labute approximate surface area is 101 Å². The topological polar surface area (TPSA) is 90.9 Å². The number of carbonyl (C=O) groups is 1. The maximum Gasteiger partial charge on any atom is 0.291 e. The van der Waals surface area contributed by atoms with Crippen molar-refractivity contribution < 1.29 is 9.90 Å². The number of nitrogens with one attached hydrogen (secondary N) is 2. The first-order valence-corrected chi connectivity index (χ1v) is 5.81. The average molecular weight is 240 g/mol. The lowest BCUT2D eigenvalue weighted by Gasteiger charge is -2.13. The molecule has 6 heteroatoms. The first-order chi connectivity index (χ1) is 7.90. The summed E-state index contributed by atoms with van der Waals surface area (Å²) < 4.78 is 0. The number of nitrogens with zero attached hydrogens (tertiary/aromatic N) is 2. The zero-order chi connectivity index (χ0) is 13.0. The van der Waals surface area contributed by atoms with E-state index in [9.17, 15) is 9.90 Å². The fraction of sp³-hybridized carbons (Fsp3) is 0.727. The summed E-state index contributed by atoms with van der Waals surface area (Å²) in [5.41, 5.74) is 0. The molecule has 0 bridgehead atoms. The van der Waals surface area contributed by atoms with Gasteiger partial charge in [-0.1, -0.05) is 13.8 Å². The number of aromatic amines is 1. The van der Waals surface area contributed by atoms with Crippen molar-refractivity contribution in [1.29, 1.82) is 0 Å². The van der Waals surface area contributed by atoms with Gasteiger partial charge >= 0.3 is 0 Å². The number of H-pyrrole nitrogens is 1. The molecule has 6 nitrogen and oxygen atoms in total. The quantitative estimate of drug-likeness (QED) is 0.710. The monoisotopic (exact) mass is 240 g/mol. The van der Waals surface area contributed by atoms with Crippen LogP contribution in [-0.4, -0.2) is 38.3 Å². The molecule has 1 aromatic rings. The molecule has 0 aliphatic rings. The number of carbonyl (C=O) groups excluding carboxylic acids is 1. The molecular weight excluding hydrogens is 220 g/mol. The van der Waals surface area contributed by atoms with Gasteiger partial charge in [-0.15, -0.1) is 5.10 Å². The molecule has 0 aliphatic heterocycles. The Morgan fingerprint density at radius 2 is 2.06 bits per heavy atom. The van der Waals surface area contributed by atoms with Gasteiger partial charge in [0.25, 0.3) is 5.91 Å². The summed E-state index contributed by atoms with van der Waals surface area (Å²) in [6.07, 6.45) is 0.0661. The standard InChI is InChI=1S/C11H20N4O2/c1-6(2)9-13-10(15-14-9)11(17)12-7(3)5-8(4)16/h6-8,16H,5H2,1-4H3,(H,12,17)(H,13,14,15). The molecule has 0 aliphatic carbocycles. The third-order valence-corrected chi connectivity index (χ3v) is 2.32. The van der Waals surface area contributed by atoms with E-state index in [0.717, 1.165) is 0 Å². The maximum atomic E-state index is 11.7. The third-order valence-electron chi connectivity index (χ3n) is 2.32. The van der Waals surface area contributed by atoms with E-state index >= 15 is 0 Å². The second kappa shape index (κ2) is 5.77. The number of aromatic nitrogens is 3. The molecule has 2 atom stereocenters. The van der Waals surface area contributed by atoms with Gasteiger partial charge in [-0.25, -0.2) is 4.98 Å². The largest absolute Gasteiger partial charge is 0.393 e. The highest BCUT2D eigenvalue weighted by atomic mass is 16.3. The highest BCUT2D eigenvalue weighted by Gasteiger charge is 2.16. The van der Waals surface area contributed by atoms with Crippen LogP contribution >= 0.6 is 0 Å². The molecular formula is C11H20N4O2. The van der Waals surface area contributed by atoms with E-state index in [1.807, 2.05) is 20.8 Å². The predicted molar refractivity (Wildman–Crippen MR) is 63.7 cm³/mol. The molecule has 1 heterocycles. The van der Waals surface area contributed by atoms with E-state index < -0.39 is 6.10 Å². The first-order valence-electron chi connectivity index (χ1n) is 5.81. The summed E-state index contributed by atoms with van der Waals surface area (Å²) in [4.78, 5) is 15.8. The third kappa shape index (κ3) is 4.14. The van der Waals surface area contributed by atoms with Crippen molar-refractivity contribution in [3.8, 4) is 0 Å². The van der Waals surface area contributed by atoms with E-state index in [-0.39, 0.29) is 23.7 Å². The molecule has 0 aromatic carbocycles. The molecule has 0 spiro atoms. The number of hydrogen-bond acceptors (Lipinski definition) is 4. The van der Waals surface area contributed by atoms with Crippen LogP contribution in [0.4, 0.5) is 0 Å². The summed E-state index contributed by atoms with van der Waals surface area (Å²) in [7, 11) is 0. The molecule has 0 fully saturated rings. The fourth-order valence-electron chi connectivity index (χ4n) is 1.49. The van der Waals surface area contributed by atoms with Crippen molar-refractivity contribution in [2.45, 2.75) is 52.2 Å². The normalized spacial score (nSPS) is 14.7. The molecule has 1 amide bonds. The lowest BCUT2D eigenvalue weighted by Crippen LogP contribution is -2.35. The van der Waals surface area contributed by atoms with Crippen LogP contribution < -0.4 is 5.32 Å². The zero-order valence-electron chi connectivity index (χ0n) is 10.7. The van der Waals surface area contributed by atoms with E-state index in [4.69, 9.17) is 0 Å². The highest BCUT2D eigenvalue weighted by Crippen LogP contribution is 2.07. The minimum absolute atomic E-state index is 0.108. The van der Waals surface area contributed by atoms with Crippen LogP contribution in [-0.2, 0) is 0 Å². The number of rotatable bonds is 5. The van der Waals surface area contributed by atoms with Gasteiger partial charge in [-0.05, 0) is 20.3 Å². The highest BCUT2D eigenvalue weighted by molar-refractivity contribution is 5.90. The molecule has 2 unspecified atom stereocenters. The second-order valence-electron chi connectivity index (χ2n) is 4.66. The minimum Gasteiger partial charge on any atom is -0.393 e. The summed E-state index contributed by atoms with van der Waals surface area (Å²) >= 11 is 0. The van der Waals surface area contributed by atoms with E-state index in [1.54, 1.807) is 6.92 Å². The fourth-order valence-corrected chi connectivity index (χ4v) is 1.49. The zero-order valence-corrected chi connectivity index (χ0v) is 10.7. The number of aliphatic hydroxyl groups is 1. The number of amides is 1. The van der Waals surface area contributed by atoms with Crippen LogP contribution in [0.3, 0.4) is 0 Å². The van der Waals surface area contributed by atoms with Gasteiger partial charge in [0, 0.05) is 12.0 Å². The van der Waals surface area contributed by atoms with Gasteiger partial charge in [0.1, 0.15) is 5.82 Å². The van der Waals surface area contributed by atoms with Crippen molar-refractivity contribution in [2.24, 2.45) is 0 Å². The van der Waals surface area contributed by atoms with Gasteiger partial charge in [-0.3, -0.25) is 9.89 Å². The van der Waals surface area contributed by atoms with Gasteiger partial charge in [0.2, 0.25) is 5.82 Å². The van der Waals surface area contributed by atoms with Crippen LogP contribution in [0.5, 0.6) is 0 Å². The molecule has 0 radical (unpaired) electrons. The number of aliphatic hydroxyl groups excluding tert-OH is 1. The van der Waals surface area contributed by atoms with Crippen LogP contribution in [0.1, 0.15) is 56.5 Å².